The van der Waals surface area contributed by atoms with E-state index in [-0.39, 0.29) is 11.4 Å². The molecule has 1 aromatic heterocycles. The van der Waals surface area contributed by atoms with Crippen molar-refractivity contribution in [1.82, 2.24) is 9.78 Å². The van der Waals surface area contributed by atoms with Gasteiger partial charge < -0.3 is 0 Å². The van der Waals surface area contributed by atoms with Gasteiger partial charge in [0.25, 0.3) is 10.0 Å². The molecule has 1 heterocycles. The second-order valence-electron chi connectivity index (χ2n) is 6.32. The highest BCUT2D eigenvalue weighted by atomic mass is 35.5. The molecule has 0 fully saturated rings. The number of nitrogens with zero attached hydrogens (tertiary/aromatic N) is 2. The van der Waals surface area contributed by atoms with Gasteiger partial charge in [-0.1, -0.05) is 35.4 Å². The molecule has 3 rings (SSSR count). The molecule has 8 heteroatoms. The Hall–Kier alpha value is -2.38. The van der Waals surface area contributed by atoms with Crippen LogP contribution in [0, 0.1) is 26.6 Å². The van der Waals surface area contributed by atoms with E-state index >= 15 is 0 Å². The van der Waals surface area contributed by atoms with Crippen LogP contribution in [0.3, 0.4) is 0 Å². The van der Waals surface area contributed by atoms with Gasteiger partial charge in [0.05, 0.1) is 28.5 Å². The van der Waals surface area contributed by atoms with Gasteiger partial charge in [-0.25, -0.2) is 12.8 Å². The van der Waals surface area contributed by atoms with Crippen LogP contribution in [0.1, 0.15) is 22.5 Å². The SMILES string of the molecule is Cc1ccc(S(=O)(=O)Nc2c(C)nn(Cc3c(F)cccc3Cl)c2C)cc1. The molecule has 0 aliphatic carbocycles. The van der Waals surface area contributed by atoms with Crippen molar-refractivity contribution in [1.29, 1.82) is 0 Å². The second-order valence-corrected chi connectivity index (χ2v) is 8.41. The fourth-order valence-electron chi connectivity index (χ4n) is 2.74. The summed E-state index contributed by atoms with van der Waals surface area (Å²) in [6, 6.07) is 11.0. The van der Waals surface area contributed by atoms with E-state index in [0.717, 1.165) is 5.56 Å². The number of aryl methyl sites for hydroxylation is 2. The van der Waals surface area contributed by atoms with Crippen LogP contribution in [0.4, 0.5) is 10.1 Å². The molecule has 1 N–H and O–H groups in total. The third-order valence-electron chi connectivity index (χ3n) is 4.32. The lowest BCUT2D eigenvalue weighted by atomic mass is 10.2. The maximum absolute atomic E-state index is 14.1. The number of sulfonamides is 1. The summed E-state index contributed by atoms with van der Waals surface area (Å²) in [5.41, 5.74) is 2.72. The van der Waals surface area contributed by atoms with Crippen molar-refractivity contribution < 1.29 is 12.8 Å². The van der Waals surface area contributed by atoms with Crippen LogP contribution in [-0.4, -0.2) is 18.2 Å². The van der Waals surface area contributed by atoms with E-state index in [1.807, 2.05) is 6.92 Å². The van der Waals surface area contributed by atoms with Gasteiger partial charge >= 0.3 is 0 Å². The topological polar surface area (TPSA) is 64.0 Å². The largest absolute Gasteiger partial charge is 0.276 e. The molecule has 0 amide bonds. The highest BCUT2D eigenvalue weighted by Gasteiger charge is 2.21. The standard InChI is InChI=1S/C19H19ClFN3O2S/c1-12-7-9-15(10-8-12)27(25,26)23-19-13(2)22-24(14(19)3)11-16-17(20)5-4-6-18(16)21/h4-10,23H,11H2,1-3H3. The molecule has 0 aliphatic heterocycles. The number of benzene rings is 2. The Balaban J connectivity index is 1.93. The highest BCUT2D eigenvalue weighted by molar-refractivity contribution is 7.92. The molecule has 0 aliphatic rings. The first kappa shape index (κ1) is 19.4. The highest BCUT2D eigenvalue weighted by Crippen LogP contribution is 2.26. The van der Waals surface area contributed by atoms with E-state index in [4.69, 9.17) is 11.6 Å². The van der Waals surface area contributed by atoms with Gasteiger partial charge in [0.15, 0.2) is 0 Å². The summed E-state index contributed by atoms with van der Waals surface area (Å²) in [7, 11) is -3.75. The van der Waals surface area contributed by atoms with E-state index in [2.05, 4.69) is 9.82 Å². The number of nitrogens with one attached hydrogen (secondary N) is 1. The van der Waals surface area contributed by atoms with Crippen molar-refractivity contribution in [3.8, 4) is 0 Å². The third-order valence-corrected chi connectivity index (χ3v) is 6.04. The molecule has 0 atom stereocenters. The summed E-state index contributed by atoms with van der Waals surface area (Å²) in [5, 5.41) is 4.64. The lowest BCUT2D eigenvalue weighted by molar-refractivity contribution is 0.579. The number of hydrogen-bond acceptors (Lipinski definition) is 3. The van der Waals surface area contributed by atoms with Crippen LogP contribution in [0.5, 0.6) is 0 Å². The number of rotatable bonds is 5. The lowest BCUT2D eigenvalue weighted by Crippen LogP contribution is -2.14. The Morgan fingerprint density at radius 1 is 1.11 bits per heavy atom. The Bertz CT molecular complexity index is 1070. The van der Waals surface area contributed by atoms with E-state index < -0.39 is 15.8 Å². The number of anilines is 1. The Morgan fingerprint density at radius 3 is 2.41 bits per heavy atom. The van der Waals surface area contributed by atoms with Crippen molar-refractivity contribution in [3.63, 3.8) is 0 Å². The first-order chi connectivity index (χ1) is 12.7. The molecule has 5 nitrogen and oxygen atoms in total. The van der Waals surface area contributed by atoms with Gasteiger partial charge in [-0.3, -0.25) is 9.40 Å². The molecular formula is C19H19ClFN3O2S. The van der Waals surface area contributed by atoms with Crippen LogP contribution < -0.4 is 4.72 Å². The summed E-state index contributed by atoms with van der Waals surface area (Å²) < 4.78 is 43.5. The molecule has 0 saturated heterocycles. The van der Waals surface area contributed by atoms with Gasteiger partial charge in [-0.2, -0.15) is 5.10 Å². The Labute approximate surface area is 162 Å². The summed E-state index contributed by atoms with van der Waals surface area (Å²) in [6.07, 6.45) is 0. The summed E-state index contributed by atoms with van der Waals surface area (Å²) in [5.74, 6) is -0.433. The molecule has 0 radical (unpaired) electrons. The average Bonchev–Trinajstić information content (AvgIpc) is 2.86. The zero-order valence-corrected chi connectivity index (χ0v) is 16.7. The summed E-state index contributed by atoms with van der Waals surface area (Å²) >= 11 is 6.08. The monoisotopic (exact) mass is 407 g/mol. The predicted molar refractivity (Wildman–Crippen MR) is 104 cm³/mol. The first-order valence-electron chi connectivity index (χ1n) is 8.25. The van der Waals surface area contributed by atoms with Gasteiger partial charge in [0.2, 0.25) is 0 Å². The average molecular weight is 408 g/mol. The molecule has 0 unspecified atom stereocenters. The molecular weight excluding hydrogens is 389 g/mol. The van der Waals surface area contributed by atoms with Gasteiger partial charge in [0.1, 0.15) is 5.82 Å². The van der Waals surface area contributed by atoms with Crippen LogP contribution in [-0.2, 0) is 16.6 Å². The van der Waals surface area contributed by atoms with Crippen LogP contribution in [0.2, 0.25) is 5.02 Å². The maximum Gasteiger partial charge on any atom is 0.262 e. The molecule has 0 spiro atoms. The van der Waals surface area contributed by atoms with Gasteiger partial charge in [-0.15, -0.1) is 0 Å². The first-order valence-corrected chi connectivity index (χ1v) is 10.1. The number of hydrogen-bond donors (Lipinski definition) is 1. The van der Waals surface area contributed by atoms with Gasteiger partial charge in [0, 0.05) is 10.6 Å². The second kappa shape index (κ2) is 7.32. The zero-order valence-electron chi connectivity index (χ0n) is 15.1. The summed E-state index contributed by atoms with van der Waals surface area (Å²) in [4.78, 5) is 0.164. The number of aromatic nitrogens is 2. The molecule has 27 heavy (non-hydrogen) atoms. The quantitative estimate of drug-likeness (QED) is 0.679. The van der Waals surface area contributed by atoms with Crippen molar-refractivity contribution in [2.75, 3.05) is 4.72 Å². The van der Waals surface area contributed by atoms with E-state index in [9.17, 15) is 12.8 Å². The minimum atomic E-state index is -3.75. The molecule has 2 aromatic carbocycles. The van der Waals surface area contributed by atoms with Crippen LogP contribution in [0.15, 0.2) is 47.4 Å². The zero-order chi connectivity index (χ0) is 19.8. The van der Waals surface area contributed by atoms with Crippen molar-refractivity contribution in [2.45, 2.75) is 32.2 Å². The fourth-order valence-corrected chi connectivity index (χ4v) is 4.14. The molecule has 3 aromatic rings. The normalized spacial score (nSPS) is 11.6. The third kappa shape index (κ3) is 3.99. The van der Waals surface area contributed by atoms with E-state index in [1.165, 1.54) is 16.8 Å². The van der Waals surface area contributed by atoms with Crippen LogP contribution in [0.25, 0.3) is 0 Å². The summed E-state index contributed by atoms with van der Waals surface area (Å²) in [6.45, 7) is 5.40. The minimum Gasteiger partial charge on any atom is -0.276 e. The number of halogens is 2. The van der Waals surface area contributed by atoms with Crippen molar-refractivity contribution >= 4 is 27.3 Å². The minimum absolute atomic E-state index is 0.102. The maximum atomic E-state index is 14.1. The van der Waals surface area contributed by atoms with Crippen molar-refractivity contribution in [3.05, 3.63) is 75.8 Å². The van der Waals surface area contributed by atoms with E-state index in [1.54, 1.807) is 44.2 Å². The molecule has 0 bridgehead atoms. The van der Waals surface area contributed by atoms with E-state index in [0.29, 0.717) is 27.7 Å². The fraction of sp³-hybridized carbons (Fsp3) is 0.211. The van der Waals surface area contributed by atoms with Crippen LogP contribution >= 0.6 is 11.6 Å². The Kier molecular flexibility index (Phi) is 5.26. The lowest BCUT2D eigenvalue weighted by Gasteiger charge is -2.10. The van der Waals surface area contributed by atoms with Crippen molar-refractivity contribution in [2.24, 2.45) is 0 Å². The molecule has 0 saturated carbocycles. The van der Waals surface area contributed by atoms with Gasteiger partial charge in [-0.05, 0) is 45.0 Å². The predicted octanol–water partition coefficient (Wildman–Crippen LogP) is 4.45. The smallest absolute Gasteiger partial charge is 0.262 e. The molecule has 142 valence electrons. The Morgan fingerprint density at radius 2 is 1.78 bits per heavy atom.